The number of nitrogens with one attached hydrogen (secondary N) is 1. The van der Waals surface area contributed by atoms with Crippen LogP contribution in [0.3, 0.4) is 0 Å². The van der Waals surface area contributed by atoms with Crippen LogP contribution in [0.4, 0.5) is 0 Å². The molecule has 0 unspecified atom stereocenters. The fraction of sp³-hybridized carbons (Fsp3) is 0.450. The minimum atomic E-state index is 0. The van der Waals surface area contributed by atoms with Crippen LogP contribution in [0.5, 0.6) is 0 Å². The maximum absolute atomic E-state index is 5.98. The Labute approximate surface area is 194 Å². The molecule has 0 amide bonds. The van der Waals surface area contributed by atoms with Gasteiger partial charge >= 0.3 is 0 Å². The van der Waals surface area contributed by atoms with Crippen molar-refractivity contribution in [2.24, 2.45) is 12.0 Å². The van der Waals surface area contributed by atoms with Crippen LogP contribution in [-0.4, -0.2) is 63.2 Å². The highest BCUT2D eigenvalue weighted by Gasteiger charge is 2.20. The number of rotatable bonds is 6. The van der Waals surface area contributed by atoms with Crippen LogP contribution in [0.2, 0.25) is 5.02 Å². The molecular formula is C20H29ClIN7. The van der Waals surface area contributed by atoms with Gasteiger partial charge in [0.15, 0.2) is 11.8 Å². The van der Waals surface area contributed by atoms with Crippen LogP contribution in [0, 0.1) is 6.92 Å². The maximum atomic E-state index is 5.98. The number of benzene rings is 1. The third-order valence-corrected chi connectivity index (χ3v) is 5.20. The summed E-state index contributed by atoms with van der Waals surface area (Å²) in [4.78, 5) is 9.53. The van der Waals surface area contributed by atoms with Crippen molar-refractivity contribution >= 4 is 41.5 Å². The molecule has 1 aliphatic heterocycles. The van der Waals surface area contributed by atoms with Gasteiger partial charge in [0.05, 0.1) is 0 Å². The first kappa shape index (κ1) is 23.6. The minimum Gasteiger partial charge on any atom is -0.353 e. The van der Waals surface area contributed by atoms with Gasteiger partial charge in [-0.15, -0.1) is 40.8 Å². The molecule has 0 aliphatic carbocycles. The Bertz CT molecular complexity index is 811. The normalized spacial score (nSPS) is 15.1. The summed E-state index contributed by atoms with van der Waals surface area (Å²) in [6.45, 7) is 11.7. The van der Waals surface area contributed by atoms with Crippen molar-refractivity contribution in [2.75, 3.05) is 32.7 Å². The van der Waals surface area contributed by atoms with Gasteiger partial charge in [-0.05, 0) is 24.6 Å². The molecular weight excluding hydrogens is 501 g/mol. The van der Waals surface area contributed by atoms with E-state index >= 15 is 0 Å². The average Bonchev–Trinajstić information content (AvgIpc) is 3.03. The smallest absolute Gasteiger partial charge is 0.194 e. The lowest BCUT2D eigenvalue weighted by Crippen LogP contribution is -2.52. The number of aromatic nitrogens is 3. The Hall–Kier alpha value is -1.65. The van der Waals surface area contributed by atoms with E-state index in [-0.39, 0.29) is 24.0 Å². The van der Waals surface area contributed by atoms with Gasteiger partial charge < -0.3 is 14.8 Å². The molecule has 7 nitrogen and oxygen atoms in total. The summed E-state index contributed by atoms with van der Waals surface area (Å²) in [7, 11) is 1.96. The van der Waals surface area contributed by atoms with E-state index in [9.17, 15) is 0 Å². The quantitative estimate of drug-likeness (QED) is 0.270. The zero-order valence-corrected chi connectivity index (χ0v) is 20.1. The topological polar surface area (TPSA) is 61.6 Å². The molecule has 0 radical (unpaired) electrons. The molecule has 2 heterocycles. The minimum absolute atomic E-state index is 0. The zero-order valence-electron chi connectivity index (χ0n) is 17.0. The van der Waals surface area contributed by atoms with Crippen molar-refractivity contribution in [1.82, 2.24) is 29.9 Å². The second-order valence-electron chi connectivity index (χ2n) is 6.92. The standard InChI is InChI=1S/C20H28ClN7.HI/c1-4-9-22-20(23-14-19-25-24-16(2)26(19)3)28-12-10-27(11-13-28)15-17-5-7-18(21)8-6-17;/h4-8H,1,9-15H2,2-3H3,(H,22,23);1H. The lowest BCUT2D eigenvalue weighted by molar-refractivity contribution is 0.172. The van der Waals surface area contributed by atoms with Crippen LogP contribution < -0.4 is 5.32 Å². The summed E-state index contributed by atoms with van der Waals surface area (Å²) in [5.41, 5.74) is 1.29. The van der Waals surface area contributed by atoms with E-state index in [2.05, 4.69) is 44.0 Å². The molecule has 1 aromatic heterocycles. The van der Waals surface area contributed by atoms with Gasteiger partial charge in [-0.2, -0.15) is 0 Å². The van der Waals surface area contributed by atoms with Crippen LogP contribution >= 0.6 is 35.6 Å². The molecule has 158 valence electrons. The fourth-order valence-electron chi connectivity index (χ4n) is 3.13. The van der Waals surface area contributed by atoms with Crippen LogP contribution in [0.1, 0.15) is 17.2 Å². The molecule has 1 aromatic carbocycles. The van der Waals surface area contributed by atoms with Crippen molar-refractivity contribution < 1.29 is 0 Å². The summed E-state index contributed by atoms with van der Waals surface area (Å²) >= 11 is 5.98. The van der Waals surface area contributed by atoms with E-state index in [1.54, 1.807) is 0 Å². The van der Waals surface area contributed by atoms with Gasteiger partial charge in [0.25, 0.3) is 0 Å². The highest BCUT2D eigenvalue weighted by atomic mass is 127. The molecule has 3 rings (SSSR count). The van der Waals surface area contributed by atoms with Crippen molar-refractivity contribution in [3.8, 4) is 0 Å². The largest absolute Gasteiger partial charge is 0.353 e. The summed E-state index contributed by atoms with van der Waals surface area (Å²) in [5.74, 6) is 2.64. The maximum Gasteiger partial charge on any atom is 0.194 e. The van der Waals surface area contributed by atoms with E-state index in [0.29, 0.717) is 13.1 Å². The number of hydrogen-bond acceptors (Lipinski definition) is 4. The lowest BCUT2D eigenvalue weighted by atomic mass is 10.2. The predicted octanol–water partition coefficient (Wildman–Crippen LogP) is 2.84. The second kappa shape index (κ2) is 11.5. The first-order valence-corrected chi connectivity index (χ1v) is 9.90. The van der Waals surface area contributed by atoms with Crippen molar-refractivity contribution in [1.29, 1.82) is 0 Å². The summed E-state index contributed by atoms with van der Waals surface area (Å²) < 4.78 is 1.97. The summed E-state index contributed by atoms with van der Waals surface area (Å²) in [6.07, 6.45) is 1.85. The number of hydrogen-bond donors (Lipinski definition) is 1. The predicted molar refractivity (Wildman–Crippen MR) is 129 cm³/mol. The van der Waals surface area contributed by atoms with Gasteiger partial charge in [0.2, 0.25) is 0 Å². The Morgan fingerprint density at radius 1 is 1.21 bits per heavy atom. The molecule has 1 aliphatic rings. The Kier molecular flexibility index (Phi) is 9.38. The van der Waals surface area contributed by atoms with Crippen LogP contribution in [0.25, 0.3) is 0 Å². The number of nitrogens with zero attached hydrogens (tertiary/aromatic N) is 6. The molecule has 1 N–H and O–H groups in total. The molecule has 1 fully saturated rings. The van der Waals surface area contributed by atoms with Crippen molar-refractivity contribution in [3.05, 3.63) is 59.2 Å². The van der Waals surface area contributed by atoms with Crippen molar-refractivity contribution in [2.45, 2.75) is 20.0 Å². The highest BCUT2D eigenvalue weighted by molar-refractivity contribution is 14.0. The molecule has 0 atom stereocenters. The number of piperazine rings is 1. The summed E-state index contributed by atoms with van der Waals surface area (Å²) in [5, 5.41) is 12.5. The van der Waals surface area contributed by atoms with Crippen molar-refractivity contribution in [3.63, 3.8) is 0 Å². The van der Waals surface area contributed by atoms with E-state index in [1.807, 2.05) is 36.7 Å². The average molecular weight is 530 g/mol. The third kappa shape index (κ3) is 6.68. The highest BCUT2D eigenvalue weighted by Crippen LogP contribution is 2.13. The zero-order chi connectivity index (χ0) is 19.9. The molecule has 9 heteroatoms. The molecule has 0 spiro atoms. The van der Waals surface area contributed by atoms with Gasteiger partial charge in [-0.3, -0.25) is 4.90 Å². The lowest BCUT2D eigenvalue weighted by Gasteiger charge is -2.36. The van der Waals surface area contributed by atoms with Gasteiger partial charge in [0, 0.05) is 51.3 Å². The molecule has 0 bridgehead atoms. The second-order valence-corrected chi connectivity index (χ2v) is 7.36. The first-order chi connectivity index (χ1) is 13.6. The fourth-order valence-corrected chi connectivity index (χ4v) is 3.26. The third-order valence-electron chi connectivity index (χ3n) is 4.95. The van der Waals surface area contributed by atoms with E-state index < -0.39 is 0 Å². The van der Waals surface area contributed by atoms with E-state index in [4.69, 9.17) is 16.6 Å². The van der Waals surface area contributed by atoms with E-state index in [0.717, 1.165) is 55.4 Å². The first-order valence-electron chi connectivity index (χ1n) is 9.52. The SMILES string of the molecule is C=CCNC(=NCc1nnc(C)n1C)N1CCN(Cc2ccc(Cl)cc2)CC1.I. The Morgan fingerprint density at radius 3 is 2.48 bits per heavy atom. The van der Waals surface area contributed by atoms with Gasteiger partial charge in [-0.25, -0.2) is 4.99 Å². The molecule has 0 saturated carbocycles. The van der Waals surface area contributed by atoms with Crippen LogP contribution in [-0.2, 0) is 20.1 Å². The Morgan fingerprint density at radius 2 is 1.90 bits per heavy atom. The Balaban J connectivity index is 0.00000300. The van der Waals surface area contributed by atoms with Gasteiger partial charge in [-0.1, -0.05) is 29.8 Å². The molecule has 2 aromatic rings. The monoisotopic (exact) mass is 529 g/mol. The summed E-state index contributed by atoms with van der Waals surface area (Å²) in [6, 6.07) is 8.09. The number of aryl methyl sites for hydroxylation is 1. The number of aliphatic imine (C=N–C) groups is 1. The van der Waals surface area contributed by atoms with Gasteiger partial charge in [0.1, 0.15) is 12.4 Å². The molecule has 29 heavy (non-hydrogen) atoms. The van der Waals surface area contributed by atoms with Crippen LogP contribution in [0.15, 0.2) is 41.9 Å². The number of guanidine groups is 1. The van der Waals surface area contributed by atoms with E-state index in [1.165, 1.54) is 5.56 Å². The molecule has 1 saturated heterocycles. The number of halogens is 2.